The zero-order valence-corrected chi connectivity index (χ0v) is 18.0. The largest absolute Gasteiger partial charge is 0.379 e. The van der Waals surface area contributed by atoms with Gasteiger partial charge in [0.15, 0.2) is 5.65 Å². The van der Waals surface area contributed by atoms with Crippen molar-refractivity contribution in [2.75, 3.05) is 38.6 Å². The van der Waals surface area contributed by atoms with Crippen LogP contribution in [0.4, 0.5) is 0 Å². The molecule has 8 nitrogen and oxygen atoms in total. The van der Waals surface area contributed by atoms with E-state index in [1.807, 2.05) is 0 Å². The monoisotopic (exact) mass is 419 g/mol. The van der Waals surface area contributed by atoms with Crippen LogP contribution in [0.1, 0.15) is 43.8 Å². The van der Waals surface area contributed by atoms with Gasteiger partial charge in [0.2, 0.25) is 0 Å². The number of aromatic nitrogens is 4. The molecule has 2 fully saturated rings. The third-order valence-corrected chi connectivity index (χ3v) is 6.96. The predicted molar refractivity (Wildman–Crippen MR) is 114 cm³/mol. The highest BCUT2D eigenvalue weighted by Crippen LogP contribution is 2.33. The minimum Gasteiger partial charge on any atom is -0.379 e. The second kappa shape index (κ2) is 8.97. The van der Waals surface area contributed by atoms with Gasteiger partial charge < -0.3 is 4.74 Å². The zero-order valence-electron chi connectivity index (χ0n) is 17.2. The van der Waals surface area contributed by atoms with Crippen molar-refractivity contribution < 1.29 is 4.74 Å². The summed E-state index contributed by atoms with van der Waals surface area (Å²) in [7, 11) is 3.20. The molecule has 0 atom stereocenters. The van der Waals surface area contributed by atoms with E-state index in [1.165, 1.54) is 30.9 Å². The smallest absolute Gasteiger partial charge is 0.332 e. The number of nitrogens with zero attached hydrogens (tertiary/aromatic N) is 5. The molecule has 0 aromatic carbocycles. The van der Waals surface area contributed by atoms with E-state index in [9.17, 15) is 9.59 Å². The molecule has 2 aromatic rings. The van der Waals surface area contributed by atoms with Crippen LogP contribution in [-0.2, 0) is 18.8 Å². The van der Waals surface area contributed by atoms with E-state index in [2.05, 4.69) is 4.90 Å². The minimum atomic E-state index is -0.347. The molecule has 0 radical (unpaired) electrons. The topological polar surface area (TPSA) is 82.2 Å². The first-order chi connectivity index (χ1) is 14.1. The molecule has 1 saturated carbocycles. The quantitative estimate of drug-likeness (QED) is 0.536. The van der Waals surface area contributed by atoms with E-state index in [4.69, 9.17) is 14.7 Å². The van der Waals surface area contributed by atoms with Crippen LogP contribution >= 0.6 is 11.8 Å². The summed E-state index contributed by atoms with van der Waals surface area (Å²) in [6.45, 7) is 4.35. The van der Waals surface area contributed by atoms with E-state index in [0.29, 0.717) is 22.0 Å². The van der Waals surface area contributed by atoms with Gasteiger partial charge in [0.1, 0.15) is 16.2 Å². The van der Waals surface area contributed by atoms with Crippen molar-refractivity contribution in [2.45, 2.75) is 43.0 Å². The molecule has 1 saturated heterocycles. The Morgan fingerprint density at radius 1 is 1.03 bits per heavy atom. The van der Waals surface area contributed by atoms with Gasteiger partial charge in [-0.1, -0.05) is 19.3 Å². The summed E-state index contributed by atoms with van der Waals surface area (Å²) in [5.41, 5.74) is -0.199. The number of hydrogen-bond acceptors (Lipinski definition) is 7. The number of aryl methyl sites for hydroxylation is 1. The molecular weight excluding hydrogens is 390 g/mol. The lowest BCUT2D eigenvalue weighted by Crippen LogP contribution is -2.38. The Morgan fingerprint density at radius 3 is 2.48 bits per heavy atom. The van der Waals surface area contributed by atoms with Crippen molar-refractivity contribution >= 4 is 22.8 Å². The molecule has 9 heteroatoms. The van der Waals surface area contributed by atoms with Gasteiger partial charge in [0, 0.05) is 45.4 Å². The first-order valence-electron chi connectivity index (χ1n) is 10.5. The van der Waals surface area contributed by atoms with Gasteiger partial charge in [0.25, 0.3) is 5.56 Å². The van der Waals surface area contributed by atoms with E-state index in [1.54, 1.807) is 18.8 Å². The summed E-state index contributed by atoms with van der Waals surface area (Å²) in [6.07, 6.45) is 5.76. The van der Waals surface area contributed by atoms with Crippen molar-refractivity contribution in [3.8, 4) is 0 Å². The summed E-state index contributed by atoms with van der Waals surface area (Å²) in [4.78, 5) is 37.3. The number of hydrogen-bond donors (Lipinski definition) is 0. The maximum Gasteiger partial charge on any atom is 0.332 e. The Bertz CT molecular complexity index is 990. The Balaban J connectivity index is 1.71. The van der Waals surface area contributed by atoms with Crippen LogP contribution in [0, 0.1) is 0 Å². The highest BCUT2D eigenvalue weighted by molar-refractivity contribution is 7.99. The van der Waals surface area contributed by atoms with Gasteiger partial charge in [-0.2, -0.15) is 0 Å². The van der Waals surface area contributed by atoms with Gasteiger partial charge >= 0.3 is 5.69 Å². The maximum absolute atomic E-state index is 12.9. The summed E-state index contributed by atoms with van der Waals surface area (Å²) >= 11 is 1.60. The number of fused-ring (bicyclic) bond motifs is 1. The molecule has 1 aliphatic carbocycles. The molecule has 0 N–H and O–H groups in total. The maximum atomic E-state index is 12.9. The minimum absolute atomic E-state index is 0.311. The highest BCUT2D eigenvalue weighted by Gasteiger charge is 2.23. The third-order valence-electron chi connectivity index (χ3n) is 6.00. The van der Waals surface area contributed by atoms with E-state index < -0.39 is 0 Å². The predicted octanol–water partition coefficient (Wildman–Crippen LogP) is 1.50. The second-order valence-corrected chi connectivity index (χ2v) is 9.01. The fourth-order valence-electron chi connectivity index (χ4n) is 4.19. The van der Waals surface area contributed by atoms with Crippen molar-refractivity contribution in [2.24, 2.45) is 14.1 Å². The van der Waals surface area contributed by atoms with Gasteiger partial charge in [0.05, 0.1) is 13.2 Å². The first-order valence-corrected chi connectivity index (χ1v) is 11.5. The van der Waals surface area contributed by atoms with Crippen molar-refractivity contribution in [3.05, 3.63) is 26.7 Å². The Morgan fingerprint density at radius 2 is 1.76 bits per heavy atom. The zero-order chi connectivity index (χ0) is 20.4. The van der Waals surface area contributed by atoms with E-state index in [-0.39, 0.29) is 11.2 Å². The number of morpholine rings is 1. The van der Waals surface area contributed by atoms with Crippen LogP contribution in [0.3, 0.4) is 0 Å². The Kier molecular flexibility index (Phi) is 6.36. The normalized spacial score (nSPS) is 19.1. The summed E-state index contributed by atoms with van der Waals surface area (Å²) in [5.74, 6) is 1.93. The SMILES string of the molecule is Cn1c(=O)c2c(SCCN3CCOCC3)nc(C3CCCCC3)nc2n(C)c1=O. The molecule has 0 unspecified atom stereocenters. The van der Waals surface area contributed by atoms with E-state index in [0.717, 1.165) is 61.8 Å². The Labute approximate surface area is 174 Å². The molecule has 0 bridgehead atoms. The molecule has 2 aliphatic rings. The van der Waals surface area contributed by atoms with Crippen LogP contribution in [0.15, 0.2) is 14.6 Å². The fraction of sp³-hybridized carbons (Fsp3) is 0.700. The van der Waals surface area contributed by atoms with Crippen molar-refractivity contribution in [3.63, 3.8) is 0 Å². The molecule has 0 spiro atoms. The van der Waals surface area contributed by atoms with Crippen LogP contribution < -0.4 is 11.2 Å². The highest BCUT2D eigenvalue weighted by atomic mass is 32.2. The average Bonchev–Trinajstić information content (AvgIpc) is 2.77. The van der Waals surface area contributed by atoms with Crippen LogP contribution in [-0.4, -0.2) is 62.6 Å². The number of rotatable bonds is 5. The van der Waals surface area contributed by atoms with Gasteiger partial charge in [-0.05, 0) is 12.8 Å². The number of ether oxygens (including phenoxy) is 1. The molecule has 29 heavy (non-hydrogen) atoms. The fourth-order valence-corrected chi connectivity index (χ4v) is 5.21. The van der Waals surface area contributed by atoms with Gasteiger partial charge in [-0.25, -0.2) is 14.8 Å². The average molecular weight is 420 g/mol. The second-order valence-electron chi connectivity index (χ2n) is 7.93. The molecule has 3 heterocycles. The molecule has 2 aromatic heterocycles. The third kappa shape index (κ3) is 4.27. The van der Waals surface area contributed by atoms with Crippen molar-refractivity contribution in [1.29, 1.82) is 0 Å². The van der Waals surface area contributed by atoms with E-state index >= 15 is 0 Å². The summed E-state index contributed by atoms with van der Waals surface area (Å²) < 4.78 is 8.05. The van der Waals surface area contributed by atoms with Crippen molar-refractivity contribution in [1.82, 2.24) is 24.0 Å². The van der Waals surface area contributed by atoms with Crippen LogP contribution in [0.25, 0.3) is 11.0 Å². The lowest BCUT2D eigenvalue weighted by molar-refractivity contribution is 0.0410. The van der Waals surface area contributed by atoms with Crippen LogP contribution in [0.5, 0.6) is 0 Å². The molecular formula is C20H29N5O3S. The number of thioether (sulfide) groups is 1. The molecule has 1 aliphatic heterocycles. The molecule has 158 valence electrons. The lowest BCUT2D eigenvalue weighted by atomic mass is 9.89. The molecule has 0 amide bonds. The van der Waals surface area contributed by atoms with Crippen LogP contribution in [0.2, 0.25) is 0 Å². The first kappa shape index (κ1) is 20.6. The lowest BCUT2D eigenvalue weighted by Gasteiger charge is -2.26. The Hall–Kier alpha value is -1.71. The summed E-state index contributed by atoms with van der Waals surface area (Å²) in [6, 6.07) is 0. The standard InChI is InChI=1S/C20H29N5O3S/c1-23-17-15(19(26)24(2)20(23)27)18(29-13-10-25-8-11-28-12-9-25)22-16(21-17)14-6-4-3-5-7-14/h14H,3-13H2,1-2H3. The van der Waals surface area contributed by atoms with Gasteiger partial charge in [-0.3, -0.25) is 18.8 Å². The van der Waals surface area contributed by atoms with Gasteiger partial charge in [-0.15, -0.1) is 11.8 Å². The molecule has 4 rings (SSSR count). The summed E-state index contributed by atoms with van der Waals surface area (Å²) in [5, 5.41) is 1.17.